The number of aromatic nitrogens is 1. The Kier molecular flexibility index (Phi) is 5.47. The van der Waals surface area contributed by atoms with E-state index in [9.17, 15) is 9.90 Å². The highest BCUT2D eigenvalue weighted by Gasteiger charge is 2.18. The lowest BCUT2D eigenvalue weighted by atomic mass is 10.0. The molecular formula is C16H17BrN2O2. The van der Waals surface area contributed by atoms with Gasteiger partial charge in [0.25, 0.3) is 0 Å². The molecule has 2 atom stereocenters. The first-order valence-corrected chi connectivity index (χ1v) is 7.47. The highest BCUT2D eigenvalue weighted by atomic mass is 79.9. The van der Waals surface area contributed by atoms with Gasteiger partial charge in [-0.15, -0.1) is 0 Å². The van der Waals surface area contributed by atoms with E-state index in [2.05, 4.69) is 26.2 Å². The number of halogens is 1. The normalized spacial score (nSPS) is 13.5. The number of carbonyl (C=O) groups is 1. The van der Waals surface area contributed by atoms with Crippen LogP contribution in [0.2, 0.25) is 0 Å². The molecule has 21 heavy (non-hydrogen) atoms. The Morgan fingerprint density at radius 2 is 2.05 bits per heavy atom. The molecule has 0 aliphatic carbocycles. The zero-order valence-electron chi connectivity index (χ0n) is 11.7. The number of pyridine rings is 1. The summed E-state index contributed by atoms with van der Waals surface area (Å²) in [6.45, 7) is 1.79. The Morgan fingerprint density at radius 3 is 2.67 bits per heavy atom. The van der Waals surface area contributed by atoms with Crippen LogP contribution in [0, 0.1) is 0 Å². The van der Waals surface area contributed by atoms with Crippen LogP contribution in [0.15, 0.2) is 53.3 Å². The number of nitrogens with zero attached hydrogens (tertiary/aromatic N) is 1. The smallest absolute Gasteiger partial charge is 0.224 e. The standard InChI is InChI=1S/C16H17BrN2O2/c1-11(16(21)13-4-6-14(17)7-5-13)19-15(20)9-12-3-2-8-18-10-12/h2-8,10-11,16,21H,9H2,1H3,(H,19,20). The summed E-state index contributed by atoms with van der Waals surface area (Å²) < 4.78 is 0.951. The summed E-state index contributed by atoms with van der Waals surface area (Å²) in [7, 11) is 0. The number of hydrogen-bond donors (Lipinski definition) is 2. The lowest BCUT2D eigenvalue weighted by Gasteiger charge is -2.20. The number of carbonyl (C=O) groups excluding carboxylic acids is 1. The molecule has 0 fully saturated rings. The minimum atomic E-state index is -0.740. The molecule has 2 N–H and O–H groups in total. The zero-order chi connectivity index (χ0) is 15.2. The van der Waals surface area contributed by atoms with Gasteiger partial charge in [0.15, 0.2) is 0 Å². The van der Waals surface area contributed by atoms with Gasteiger partial charge in [-0.25, -0.2) is 0 Å². The van der Waals surface area contributed by atoms with Gasteiger partial charge in [0.2, 0.25) is 5.91 Å². The summed E-state index contributed by atoms with van der Waals surface area (Å²) in [5.41, 5.74) is 1.62. The van der Waals surface area contributed by atoms with Crippen molar-refractivity contribution in [2.75, 3.05) is 0 Å². The van der Waals surface area contributed by atoms with Gasteiger partial charge in [-0.05, 0) is 36.2 Å². The van der Waals surface area contributed by atoms with Gasteiger partial charge in [0.1, 0.15) is 0 Å². The van der Waals surface area contributed by atoms with E-state index >= 15 is 0 Å². The molecule has 2 aromatic rings. The number of rotatable bonds is 5. The SMILES string of the molecule is CC(NC(=O)Cc1cccnc1)C(O)c1ccc(Br)cc1. The number of aliphatic hydroxyl groups excluding tert-OH is 1. The maximum absolute atomic E-state index is 12.0. The predicted octanol–water partition coefficient (Wildman–Crippen LogP) is 2.62. The fourth-order valence-electron chi connectivity index (χ4n) is 2.02. The van der Waals surface area contributed by atoms with Gasteiger partial charge in [-0.2, -0.15) is 0 Å². The van der Waals surface area contributed by atoms with Gasteiger partial charge < -0.3 is 10.4 Å². The maximum atomic E-state index is 12.0. The summed E-state index contributed by atoms with van der Waals surface area (Å²) in [6, 6.07) is 10.7. The van der Waals surface area contributed by atoms with Gasteiger partial charge >= 0.3 is 0 Å². The number of aliphatic hydroxyl groups is 1. The second kappa shape index (κ2) is 7.33. The molecule has 0 saturated carbocycles. The first-order chi connectivity index (χ1) is 10.1. The summed E-state index contributed by atoms with van der Waals surface area (Å²) in [5.74, 6) is -0.133. The van der Waals surface area contributed by atoms with Crippen molar-refractivity contribution in [3.63, 3.8) is 0 Å². The molecule has 0 spiro atoms. The van der Waals surface area contributed by atoms with Crippen LogP contribution in [0.1, 0.15) is 24.2 Å². The molecule has 1 aromatic heterocycles. The number of amides is 1. The van der Waals surface area contributed by atoms with Crippen molar-refractivity contribution >= 4 is 21.8 Å². The van der Waals surface area contributed by atoms with Crippen LogP contribution in [0.25, 0.3) is 0 Å². The van der Waals surface area contributed by atoms with E-state index < -0.39 is 6.10 Å². The lowest BCUT2D eigenvalue weighted by molar-refractivity contribution is -0.121. The summed E-state index contributed by atoms with van der Waals surface area (Å²) in [4.78, 5) is 15.9. The van der Waals surface area contributed by atoms with E-state index in [1.165, 1.54) is 0 Å². The van der Waals surface area contributed by atoms with E-state index in [4.69, 9.17) is 0 Å². The van der Waals surface area contributed by atoms with Crippen LogP contribution in [0.4, 0.5) is 0 Å². The molecule has 0 radical (unpaired) electrons. The highest BCUT2D eigenvalue weighted by molar-refractivity contribution is 9.10. The van der Waals surface area contributed by atoms with Gasteiger partial charge in [0.05, 0.1) is 18.6 Å². The van der Waals surface area contributed by atoms with Crippen LogP contribution in [0.3, 0.4) is 0 Å². The molecule has 0 aliphatic heterocycles. The molecule has 2 rings (SSSR count). The van der Waals surface area contributed by atoms with Crippen molar-refractivity contribution in [2.24, 2.45) is 0 Å². The molecule has 4 nitrogen and oxygen atoms in total. The van der Waals surface area contributed by atoms with Crippen LogP contribution in [-0.4, -0.2) is 22.0 Å². The van der Waals surface area contributed by atoms with Crippen LogP contribution < -0.4 is 5.32 Å². The Labute approximate surface area is 132 Å². The third kappa shape index (κ3) is 4.65. The van der Waals surface area contributed by atoms with Gasteiger partial charge in [0, 0.05) is 16.9 Å². The first kappa shape index (κ1) is 15.7. The highest BCUT2D eigenvalue weighted by Crippen LogP contribution is 2.19. The Balaban J connectivity index is 1.92. The molecule has 110 valence electrons. The Bertz CT molecular complexity index is 587. The Morgan fingerprint density at radius 1 is 1.33 bits per heavy atom. The maximum Gasteiger partial charge on any atom is 0.224 e. The number of hydrogen-bond acceptors (Lipinski definition) is 3. The van der Waals surface area contributed by atoms with Crippen molar-refractivity contribution in [3.05, 3.63) is 64.4 Å². The molecule has 1 heterocycles. The van der Waals surface area contributed by atoms with Crippen LogP contribution in [-0.2, 0) is 11.2 Å². The fourth-order valence-corrected chi connectivity index (χ4v) is 2.28. The van der Waals surface area contributed by atoms with Crippen molar-refractivity contribution in [1.82, 2.24) is 10.3 Å². The monoisotopic (exact) mass is 348 g/mol. The molecule has 5 heteroatoms. The number of nitrogens with one attached hydrogen (secondary N) is 1. The Hall–Kier alpha value is -1.72. The molecule has 1 amide bonds. The van der Waals surface area contributed by atoms with Crippen molar-refractivity contribution in [3.8, 4) is 0 Å². The predicted molar refractivity (Wildman–Crippen MR) is 84.6 cm³/mol. The van der Waals surface area contributed by atoms with Crippen LogP contribution >= 0.6 is 15.9 Å². The topological polar surface area (TPSA) is 62.2 Å². The minimum Gasteiger partial charge on any atom is -0.386 e. The van der Waals surface area contributed by atoms with Crippen molar-refractivity contribution in [1.29, 1.82) is 0 Å². The molecule has 0 saturated heterocycles. The molecule has 0 aliphatic rings. The summed E-state index contributed by atoms with van der Waals surface area (Å²) >= 11 is 3.35. The average Bonchev–Trinajstić information content (AvgIpc) is 2.48. The van der Waals surface area contributed by atoms with E-state index in [0.29, 0.717) is 0 Å². The van der Waals surface area contributed by atoms with E-state index in [1.807, 2.05) is 30.3 Å². The minimum absolute atomic E-state index is 0.133. The van der Waals surface area contributed by atoms with E-state index in [1.54, 1.807) is 25.4 Å². The quantitative estimate of drug-likeness (QED) is 0.872. The second-order valence-electron chi connectivity index (χ2n) is 4.89. The lowest BCUT2D eigenvalue weighted by Crippen LogP contribution is -2.37. The average molecular weight is 349 g/mol. The first-order valence-electron chi connectivity index (χ1n) is 6.68. The molecule has 2 unspecified atom stereocenters. The van der Waals surface area contributed by atoms with Crippen molar-refractivity contribution in [2.45, 2.75) is 25.5 Å². The molecular weight excluding hydrogens is 332 g/mol. The second-order valence-corrected chi connectivity index (χ2v) is 5.81. The number of benzene rings is 1. The van der Waals surface area contributed by atoms with Crippen molar-refractivity contribution < 1.29 is 9.90 Å². The van der Waals surface area contributed by atoms with E-state index in [0.717, 1.165) is 15.6 Å². The molecule has 0 bridgehead atoms. The summed E-state index contributed by atoms with van der Waals surface area (Å²) in [6.07, 6.45) is 2.85. The van der Waals surface area contributed by atoms with Crippen LogP contribution in [0.5, 0.6) is 0 Å². The zero-order valence-corrected chi connectivity index (χ0v) is 13.2. The van der Waals surface area contributed by atoms with Gasteiger partial charge in [-0.1, -0.05) is 34.1 Å². The molecule has 1 aromatic carbocycles. The van der Waals surface area contributed by atoms with E-state index in [-0.39, 0.29) is 18.4 Å². The van der Waals surface area contributed by atoms with Gasteiger partial charge in [-0.3, -0.25) is 9.78 Å². The fraction of sp³-hybridized carbons (Fsp3) is 0.250. The third-order valence-electron chi connectivity index (χ3n) is 3.16. The third-order valence-corrected chi connectivity index (χ3v) is 3.69. The summed E-state index contributed by atoms with van der Waals surface area (Å²) in [5, 5.41) is 13.1. The largest absolute Gasteiger partial charge is 0.386 e.